The minimum atomic E-state index is -3.96. The van der Waals surface area contributed by atoms with E-state index in [4.69, 9.17) is 28.3 Å². The van der Waals surface area contributed by atoms with Gasteiger partial charge in [-0.1, -0.05) is 23.2 Å². The molecule has 0 spiro atoms. The third kappa shape index (κ3) is 3.36. The van der Waals surface area contributed by atoms with Gasteiger partial charge in [-0.05, 0) is 19.9 Å². The molecule has 0 atom stereocenters. The van der Waals surface area contributed by atoms with E-state index in [0.29, 0.717) is 0 Å². The van der Waals surface area contributed by atoms with Gasteiger partial charge in [0.15, 0.2) is 0 Å². The van der Waals surface area contributed by atoms with Crippen LogP contribution >= 0.6 is 34.5 Å². The van der Waals surface area contributed by atoms with Gasteiger partial charge < -0.3 is 5.11 Å². The summed E-state index contributed by atoms with van der Waals surface area (Å²) in [7, 11) is -3.96. The van der Waals surface area contributed by atoms with Crippen LogP contribution in [0.2, 0.25) is 8.67 Å². The monoisotopic (exact) mass is 331 g/mol. The molecule has 1 heterocycles. The molecule has 18 heavy (non-hydrogen) atoms. The number of carboxylic acids is 1. The van der Waals surface area contributed by atoms with Crippen LogP contribution in [0.1, 0.15) is 13.8 Å². The third-order valence-corrected chi connectivity index (χ3v) is 5.85. The van der Waals surface area contributed by atoms with Gasteiger partial charge in [-0.15, -0.1) is 11.3 Å². The predicted molar refractivity (Wildman–Crippen MR) is 71.0 cm³/mol. The van der Waals surface area contributed by atoms with E-state index >= 15 is 0 Å². The Kier molecular flexibility index (Phi) is 5.02. The lowest BCUT2D eigenvalue weighted by atomic mass is 10.4. The first-order valence-electron chi connectivity index (χ1n) is 4.84. The van der Waals surface area contributed by atoms with E-state index in [1.165, 1.54) is 6.07 Å². The Labute approximate surface area is 119 Å². The molecule has 1 aromatic heterocycles. The molecule has 1 N–H and O–H groups in total. The summed E-state index contributed by atoms with van der Waals surface area (Å²) < 4.78 is 25.7. The Hall–Kier alpha value is -0.340. The molecule has 0 saturated heterocycles. The molecule has 0 aliphatic rings. The van der Waals surface area contributed by atoms with Gasteiger partial charge in [0.25, 0.3) is 0 Å². The molecule has 0 amide bonds. The van der Waals surface area contributed by atoms with Crippen LogP contribution < -0.4 is 0 Å². The van der Waals surface area contributed by atoms with Crippen LogP contribution in [0.15, 0.2) is 11.0 Å². The molecule has 0 aliphatic heterocycles. The molecule has 0 aromatic carbocycles. The van der Waals surface area contributed by atoms with E-state index in [9.17, 15) is 13.2 Å². The maximum Gasteiger partial charge on any atom is 0.318 e. The number of aliphatic carboxylic acids is 1. The van der Waals surface area contributed by atoms with Gasteiger partial charge in [-0.25, -0.2) is 8.42 Å². The van der Waals surface area contributed by atoms with Crippen molar-refractivity contribution in [3.05, 3.63) is 14.7 Å². The number of nitrogens with zero attached hydrogens (tertiary/aromatic N) is 1. The molecule has 102 valence electrons. The van der Waals surface area contributed by atoms with Gasteiger partial charge in [0.1, 0.15) is 15.8 Å². The average Bonchev–Trinajstić information content (AvgIpc) is 2.54. The lowest BCUT2D eigenvalue weighted by molar-refractivity contribution is -0.137. The lowest BCUT2D eigenvalue weighted by Crippen LogP contribution is -2.40. The summed E-state index contributed by atoms with van der Waals surface area (Å²) in [5.41, 5.74) is 0. The minimum Gasteiger partial charge on any atom is -0.480 e. The van der Waals surface area contributed by atoms with Gasteiger partial charge in [-0.3, -0.25) is 4.79 Å². The number of sulfonamides is 1. The van der Waals surface area contributed by atoms with Crippen molar-refractivity contribution in [3.63, 3.8) is 0 Å². The second-order valence-electron chi connectivity index (χ2n) is 3.73. The first-order valence-corrected chi connectivity index (χ1v) is 7.86. The second kappa shape index (κ2) is 5.75. The zero-order valence-corrected chi connectivity index (χ0v) is 12.7. The Morgan fingerprint density at radius 1 is 1.50 bits per heavy atom. The molecule has 0 fully saturated rings. The number of hydrogen-bond donors (Lipinski definition) is 1. The fourth-order valence-corrected chi connectivity index (χ4v) is 5.01. The van der Waals surface area contributed by atoms with Gasteiger partial charge in [0, 0.05) is 6.04 Å². The molecular weight excluding hydrogens is 321 g/mol. The zero-order valence-electron chi connectivity index (χ0n) is 9.55. The van der Waals surface area contributed by atoms with Gasteiger partial charge in [0.2, 0.25) is 10.0 Å². The SMILES string of the molecule is CC(C)N(CC(=O)O)S(=O)(=O)c1cc(Cl)sc1Cl. The van der Waals surface area contributed by atoms with Crippen LogP contribution in [0.25, 0.3) is 0 Å². The molecule has 0 aliphatic carbocycles. The first-order chi connectivity index (χ1) is 8.16. The number of rotatable bonds is 5. The van der Waals surface area contributed by atoms with E-state index in [-0.39, 0.29) is 13.6 Å². The van der Waals surface area contributed by atoms with Crippen molar-refractivity contribution in [2.24, 2.45) is 0 Å². The summed E-state index contributed by atoms with van der Waals surface area (Å²) in [4.78, 5) is 10.6. The largest absolute Gasteiger partial charge is 0.480 e. The van der Waals surface area contributed by atoms with Crippen LogP contribution in [0, 0.1) is 0 Å². The maximum atomic E-state index is 12.3. The molecule has 1 aromatic rings. The third-order valence-electron chi connectivity index (χ3n) is 2.08. The number of carbonyl (C=O) groups is 1. The van der Waals surface area contributed by atoms with Crippen molar-refractivity contribution in [3.8, 4) is 0 Å². The number of hydrogen-bond acceptors (Lipinski definition) is 4. The quantitative estimate of drug-likeness (QED) is 0.899. The molecule has 1 rings (SSSR count). The van der Waals surface area contributed by atoms with Crippen LogP contribution in [0.3, 0.4) is 0 Å². The number of thiophene rings is 1. The summed E-state index contributed by atoms with van der Waals surface area (Å²) in [5.74, 6) is -1.23. The molecule has 5 nitrogen and oxygen atoms in total. The summed E-state index contributed by atoms with van der Waals surface area (Å²) in [6.07, 6.45) is 0. The van der Waals surface area contributed by atoms with Crippen molar-refractivity contribution in [2.75, 3.05) is 6.54 Å². The Bertz CT molecular complexity index is 553. The molecular formula is C9H11Cl2NO4S2. The van der Waals surface area contributed by atoms with Crippen molar-refractivity contribution in [1.29, 1.82) is 0 Å². The standard InChI is InChI=1S/C9H11Cl2NO4S2/c1-5(2)12(4-8(13)14)18(15,16)6-3-7(10)17-9(6)11/h3,5H,4H2,1-2H3,(H,13,14). The summed E-state index contributed by atoms with van der Waals surface area (Å²) >= 11 is 12.4. The van der Waals surface area contributed by atoms with Gasteiger partial charge in [-0.2, -0.15) is 4.31 Å². The highest BCUT2D eigenvalue weighted by Gasteiger charge is 2.32. The van der Waals surface area contributed by atoms with E-state index < -0.39 is 28.6 Å². The number of halogens is 2. The second-order valence-corrected chi connectivity index (χ2v) is 7.87. The van der Waals surface area contributed by atoms with E-state index in [1.54, 1.807) is 13.8 Å². The molecule has 0 bridgehead atoms. The molecule has 0 radical (unpaired) electrons. The highest BCUT2D eigenvalue weighted by molar-refractivity contribution is 7.89. The van der Waals surface area contributed by atoms with Crippen molar-refractivity contribution >= 4 is 50.5 Å². The van der Waals surface area contributed by atoms with E-state index in [1.807, 2.05) is 0 Å². The zero-order chi connectivity index (χ0) is 14.1. The predicted octanol–water partition coefficient (Wildman–Crippen LogP) is 2.54. The highest BCUT2D eigenvalue weighted by Crippen LogP contribution is 2.36. The van der Waals surface area contributed by atoms with E-state index in [2.05, 4.69) is 0 Å². The summed E-state index contributed by atoms with van der Waals surface area (Å²) in [5, 5.41) is 8.75. The summed E-state index contributed by atoms with van der Waals surface area (Å²) in [6.45, 7) is 2.55. The van der Waals surface area contributed by atoms with Gasteiger partial charge in [0.05, 0.1) is 4.34 Å². The lowest BCUT2D eigenvalue weighted by Gasteiger charge is -2.23. The average molecular weight is 332 g/mol. The van der Waals surface area contributed by atoms with Crippen LogP contribution in [0.4, 0.5) is 0 Å². The summed E-state index contributed by atoms with van der Waals surface area (Å²) in [6, 6.07) is 0.724. The molecule has 0 saturated carbocycles. The fourth-order valence-electron chi connectivity index (χ4n) is 1.31. The Balaban J connectivity index is 3.25. The normalized spacial score (nSPS) is 12.3. The molecule has 0 unspecified atom stereocenters. The van der Waals surface area contributed by atoms with Crippen molar-refractivity contribution in [1.82, 2.24) is 4.31 Å². The van der Waals surface area contributed by atoms with Gasteiger partial charge >= 0.3 is 5.97 Å². The Morgan fingerprint density at radius 3 is 2.39 bits per heavy atom. The van der Waals surface area contributed by atoms with Crippen LogP contribution in [-0.4, -0.2) is 36.4 Å². The maximum absolute atomic E-state index is 12.3. The number of carboxylic acid groups (broad SMARTS) is 1. The first kappa shape index (κ1) is 15.7. The minimum absolute atomic E-state index is 0.0241. The van der Waals surface area contributed by atoms with E-state index in [0.717, 1.165) is 15.6 Å². The molecule has 9 heteroatoms. The van der Waals surface area contributed by atoms with Crippen molar-refractivity contribution < 1.29 is 18.3 Å². The topological polar surface area (TPSA) is 74.7 Å². The van der Waals surface area contributed by atoms with Crippen molar-refractivity contribution in [2.45, 2.75) is 24.8 Å². The smallest absolute Gasteiger partial charge is 0.318 e. The van der Waals surface area contributed by atoms with Crippen LogP contribution in [-0.2, 0) is 14.8 Å². The van der Waals surface area contributed by atoms with Crippen LogP contribution in [0.5, 0.6) is 0 Å². The fraction of sp³-hybridized carbons (Fsp3) is 0.444. The Morgan fingerprint density at radius 2 is 2.06 bits per heavy atom. The highest BCUT2D eigenvalue weighted by atomic mass is 35.5.